The van der Waals surface area contributed by atoms with Crippen LogP contribution >= 0.6 is 0 Å². The minimum atomic E-state index is -1.55. The highest BCUT2D eigenvalue weighted by molar-refractivity contribution is 5.80. The number of hydrogen-bond donors (Lipinski definition) is 1. The van der Waals surface area contributed by atoms with Crippen molar-refractivity contribution < 1.29 is 17.9 Å². The molecule has 1 fully saturated rings. The standard InChI is InChI=1S/C17H15F3N4O2/c1-2-26-16-21-15-12(9-6-10(18)13(20)11(19)7-9)14(8-4-3-5-8)23-24(15)17(25)22-16/h6-8H,2-5H2,1H3,(H,21,22,25). The highest BCUT2D eigenvalue weighted by atomic mass is 19.2. The summed E-state index contributed by atoms with van der Waals surface area (Å²) in [7, 11) is 0. The number of aromatic amines is 1. The van der Waals surface area contributed by atoms with E-state index >= 15 is 0 Å². The molecule has 0 spiro atoms. The Morgan fingerprint density at radius 3 is 2.54 bits per heavy atom. The molecule has 0 atom stereocenters. The van der Waals surface area contributed by atoms with Crippen LogP contribution in [-0.4, -0.2) is 26.2 Å². The Labute approximate surface area is 145 Å². The lowest BCUT2D eigenvalue weighted by Gasteiger charge is -2.24. The largest absolute Gasteiger partial charge is 0.465 e. The van der Waals surface area contributed by atoms with Crippen molar-refractivity contribution in [3.63, 3.8) is 0 Å². The third-order valence-corrected chi connectivity index (χ3v) is 4.55. The molecule has 0 bridgehead atoms. The van der Waals surface area contributed by atoms with E-state index in [0.29, 0.717) is 11.3 Å². The van der Waals surface area contributed by atoms with Crippen LogP contribution in [0.1, 0.15) is 37.8 Å². The van der Waals surface area contributed by atoms with Crippen LogP contribution in [0.3, 0.4) is 0 Å². The molecule has 1 aliphatic carbocycles. The zero-order chi connectivity index (χ0) is 18.4. The first-order valence-corrected chi connectivity index (χ1v) is 8.30. The zero-order valence-corrected chi connectivity index (χ0v) is 13.9. The molecule has 1 N–H and O–H groups in total. The molecule has 1 saturated carbocycles. The van der Waals surface area contributed by atoms with E-state index in [1.807, 2.05) is 0 Å². The van der Waals surface area contributed by atoms with Crippen LogP contribution in [0.2, 0.25) is 0 Å². The molecule has 2 aromatic heterocycles. The maximum Gasteiger partial charge on any atom is 0.352 e. The number of halogens is 3. The van der Waals surface area contributed by atoms with Gasteiger partial charge in [0.15, 0.2) is 23.1 Å². The van der Waals surface area contributed by atoms with Crippen LogP contribution in [0.4, 0.5) is 13.2 Å². The highest BCUT2D eigenvalue weighted by Gasteiger charge is 2.30. The molecule has 4 rings (SSSR count). The summed E-state index contributed by atoms with van der Waals surface area (Å²) in [5.41, 5.74) is 0.463. The van der Waals surface area contributed by atoms with E-state index in [2.05, 4.69) is 15.1 Å². The molecule has 3 aromatic rings. The van der Waals surface area contributed by atoms with Crippen molar-refractivity contribution >= 4 is 5.65 Å². The number of fused-ring (bicyclic) bond motifs is 1. The lowest BCUT2D eigenvalue weighted by atomic mass is 9.80. The number of ether oxygens (including phenoxy) is 1. The van der Waals surface area contributed by atoms with E-state index in [0.717, 1.165) is 35.9 Å². The molecule has 0 radical (unpaired) electrons. The summed E-state index contributed by atoms with van der Waals surface area (Å²) in [5.74, 6) is -4.11. The van der Waals surface area contributed by atoms with Crippen molar-refractivity contribution in [2.45, 2.75) is 32.1 Å². The third-order valence-electron chi connectivity index (χ3n) is 4.55. The van der Waals surface area contributed by atoms with Gasteiger partial charge in [0.1, 0.15) is 0 Å². The maximum absolute atomic E-state index is 13.8. The third kappa shape index (κ3) is 2.54. The van der Waals surface area contributed by atoms with Crippen LogP contribution in [0.15, 0.2) is 16.9 Å². The van der Waals surface area contributed by atoms with Crippen molar-refractivity contribution in [1.29, 1.82) is 0 Å². The average molecular weight is 364 g/mol. The van der Waals surface area contributed by atoms with Crippen molar-refractivity contribution in [3.8, 4) is 17.1 Å². The molecule has 26 heavy (non-hydrogen) atoms. The monoisotopic (exact) mass is 364 g/mol. The first kappa shape index (κ1) is 16.6. The smallest absolute Gasteiger partial charge is 0.352 e. The van der Waals surface area contributed by atoms with E-state index in [1.54, 1.807) is 6.92 Å². The topological polar surface area (TPSA) is 72.3 Å². The number of rotatable bonds is 4. The van der Waals surface area contributed by atoms with Crippen LogP contribution in [0.5, 0.6) is 6.01 Å². The predicted octanol–water partition coefficient (Wildman–Crippen LogP) is 3.17. The normalized spacial score (nSPS) is 14.6. The Balaban J connectivity index is 2.03. The Bertz CT molecular complexity index is 1030. The Hall–Kier alpha value is -2.84. The van der Waals surface area contributed by atoms with Gasteiger partial charge in [-0.2, -0.15) is 14.6 Å². The number of H-pyrrole nitrogens is 1. The van der Waals surface area contributed by atoms with Crippen LogP contribution in [0, 0.1) is 17.5 Å². The van der Waals surface area contributed by atoms with Gasteiger partial charge in [0.25, 0.3) is 6.01 Å². The van der Waals surface area contributed by atoms with Gasteiger partial charge in [0.05, 0.1) is 17.9 Å². The first-order valence-electron chi connectivity index (χ1n) is 8.30. The van der Waals surface area contributed by atoms with E-state index in [1.165, 1.54) is 0 Å². The summed E-state index contributed by atoms with van der Waals surface area (Å²) in [4.78, 5) is 19.0. The molecule has 0 unspecified atom stereocenters. The van der Waals surface area contributed by atoms with Gasteiger partial charge in [-0.3, -0.25) is 4.98 Å². The lowest BCUT2D eigenvalue weighted by Crippen LogP contribution is -2.20. The quantitative estimate of drug-likeness (QED) is 0.722. The second kappa shape index (κ2) is 6.15. The fourth-order valence-electron chi connectivity index (χ4n) is 3.09. The minimum absolute atomic E-state index is 0.0191. The van der Waals surface area contributed by atoms with E-state index in [9.17, 15) is 18.0 Å². The second-order valence-corrected chi connectivity index (χ2v) is 6.16. The molecule has 0 saturated heterocycles. The van der Waals surface area contributed by atoms with Crippen molar-refractivity contribution in [2.75, 3.05) is 6.61 Å². The molecule has 2 heterocycles. The highest BCUT2D eigenvalue weighted by Crippen LogP contribution is 2.42. The van der Waals surface area contributed by atoms with Gasteiger partial charge < -0.3 is 4.74 Å². The summed E-state index contributed by atoms with van der Waals surface area (Å²) in [6.45, 7) is 2.00. The molecule has 6 nitrogen and oxygen atoms in total. The van der Waals surface area contributed by atoms with Crippen molar-refractivity contribution in [3.05, 3.63) is 45.8 Å². The van der Waals surface area contributed by atoms with Crippen molar-refractivity contribution in [1.82, 2.24) is 19.6 Å². The molecule has 9 heteroatoms. The molecule has 1 aromatic carbocycles. The zero-order valence-electron chi connectivity index (χ0n) is 13.9. The number of nitrogens with one attached hydrogen (secondary N) is 1. The van der Waals surface area contributed by atoms with Crippen LogP contribution in [-0.2, 0) is 0 Å². The lowest BCUT2D eigenvalue weighted by molar-refractivity contribution is 0.310. The van der Waals surface area contributed by atoms with Crippen molar-refractivity contribution in [2.24, 2.45) is 0 Å². The number of nitrogens with zero attached hydrogens (tertiary/aromatic N) is 3. The number of benzene rings is 1. The fraction of sp³-hybridized carbons (Fsp3) is 0.353. The number of aromatic nitrogens is 4. The summed E-state index contributed by atoms with van der Waals surface area (Å²) in [5, 5.41) is 4.31. The summed E-state index contributed by atoms with van der Waals surface area (Å²) in [6.07, 6.45) is 2.69. The van der Waals surface area contributed by atoms with Gasteiger partial charge in [0, 0.05) is 5.92 Å². The molecular weight excluding hydrogens is 349 g/mol. The van der Waals surface area contributed by atoms with Gasteiger partial charge in [-0.15, -0.1) is 0 Å². The van der Waals surface area contributed by atoms with Crippen LogP contribution < -0.4 is 10.4 Å². The molecular formula is C17H15F3N4O2. The molecule has 136 valence electrons. The predicted molar refractivity (Wildman–Crippen MR) is 86.7 cm³/mol. The van der Waals surface area contributed by atoms with Gasteiger partial charge >= 0.3 is 5.69 Å². The Morgan fingerprint density at radius 1 is 1.27 bits per heavy atom. The SMILES string of the molecule is CCOc1nc2c(-c3cc(F)c(F)c(F)c3)c(C3CCC3)nn2c(=O)[nH]1. The molecule has 1 aliphatic rings. The minimum Gasteiger partial charge on any atom is -0.465 e. The van der Waals surface area contributed by atoms with E-state index in [4.69, 9.17) is 4.74 Å². The number of hydrogen-bond acceptors (Lipinski definition) is 4. The summed E-state index contributed by atoms with van der Waals surface area (Å²) < 4.78 is 47.2. The van der Waals surface area contributed by atoms with E-state index in [-0.39, 0.29) is 29.7 Å². The van der Waals surface area contributed by atoms with Gasteiger partial charge in [-0.1, -0.05) is 6.42 Å². The summed E-state index contributed by atoms with van der Waals surface area (Å²) >= 11 is 0. The van der Waals surface area contributed by atoms with Gasteiger partial charge in [0.2, 0.25) is 0 Å². The Kier molecular flexibility index (Phi) is 3.93. The second-order valence-electron chi connectivity index (χ2n) is 6.16. The fourth-order valence-corrected chi connectivity index (χ4v) is 3.09. The first-order chi connectivity index (χ1) is 12.5. The van der Waals surface area contributed by atoms with Crippen LogP contribution in [0.25, 0.3) is 16.8 Å². The maximum atomic E-state index is 13.8. The average Bonchev–Trinajstić information content (AvgIpc) is 2.90. The van der Waals surface area contributed by atoms with Gasteiger partial charge in [-0.25, -0.2) is 18.0 Å². The Morgan fingerprint density at radius 2 is 1.96 bits per heavy atom. The van der Waals surface area contributed by atoms with E-state index < -0.39 is 23.1 Å². The van der Waals surface area contributed by atoms with Gasteiger partial charge in [-0.05, 0) is 37.5 Å². The molecule has 0 aliphatic heterocycles. The molecule has 0 amide bonds. The summed E-state index contributed by atoms with van der Waals surface area (Å²) in [6, 6.07) is 1.76.